The number of hydrogen-bond donors (Lipinski definition) is 1. The molecule has 0 spiro atoms. The lowest BCUT2D eigenvalue weighted by molar-refractivity contribution is 0.114. The van der Waals surface area contributed by atoms with Gasteiger partial charge in [-0.25, -0.2) is 4.68 Å². The van der Waals surface area contributed by atoms with Gasteiger partial charge in [-0.05, 0) is 23.8 Å². The van der Waals surface area contributed by atoms with Crippen LogP contribution in [0.3, 0.4) is 0 Å². The quantitative estimate of drug-likeness (QED) is 0.697. The monoisotopic (exact) mass is 212 g/mol. The Kier molecular flexibility index (Phi) is 5.25. The summed E-state index contributed by atoms with van der Waals surface area (Å²) in [6.45, 7) is 3.97. The molecule has 1 rings (SSSR count). The molecule has 5 nitrogen and oxygen atoms in total. The SMILES string of the molecule is CCCCCC[C@@H]([C@H](C)O)n1cnnn1. The summed E-state index contributed by atoms with van der Waals surface area (Å²) in [5, 5.41) is 20.6. The van der Waals surface area contributed by atoms with Crippen LogP contribution in [0.2, 0.25) is 0 Å². The lowest BCUT2D eigenvalue weighted by Gasteiger charge is -2.18. The molecule has 0 aliphatic rings. The molecule has 1 aromatic rings. The van der Waals surface area contributed by atoms with Gasteiger partial charge in [0.1, 0.15) is 6.33 Å². The van der Waals surface area contributed by atoms with E-state index in [1.54, 1.807) is 17.9 Å². The first-order valence-electron chi connectivity index (χ1n) is 5.66. The van der Waals surface area contributed by atoms with Gasteiger partial charge in [-0.3, -0.25) is 0 Å². The average molecular weight is 212 g/mol. The van der Waals surface area contributed by atoms with Crippen molar-refractivity contribution in [3.63, 3.8) is 0 Å². The van der Waals surface area contributed by atoms with Gasteiger partial charge in [0.2, 0.25) is 0 Å². The van der Waals surface area contributed by atoms with E-state index in [-0.39, 0.29) is 6.04 Å². The van der Waals surface area contributed by atoms with Gasteiger partial charge in [-0.15, -0.1) is 5.10 Å². The first kappa shape index (κ1) is 12.1. The Morgan fingerprint density at radius 2 is 2.13 bits per heavy atom. The predicted octanol–water partition coefficient (Wildman–Crippen LogP) is 1.57. The van der Waals surface area contributed by atoms with Crippen molar-refractivity contribution in [3.8, 4) is 0 Å². The van der Waals surface area contributed by atoms with E-state index in [9.17, 15) is 5.11 Å². The highest BCUT2D eigenvalue weighted by molar-refractivity contribution is 4.70. The van der Waals surface area contributed by atoms with Gasteiger partial charge in [-0.2, -0.15) is 0 Å². The van der Waals surface area contributed by atoms with E-state index in [2.05, 4.69) is 22.4 Å². The normalized spacial score (nSPS) is 15.1. The van der Waals surface area contributed by atoms with Crippen LogP contribution in [0.4, 0.5) is 0 Å². The van der Waals surface area contributed by atoms with Crippen molar-refractivity contribution in [2.24, 2.45) is 0 Å². The molecule has 0 bridgehead atoms. The Balaban J connectivity index is 2.39. The van der Waals surface area contributed by atoms with Crippen LogP contribution in [-0.4, -0.2) is 31.4 Å². The molecule has 0 aliphatic heterocycles. The fraction of sp³-hybridized carbons (Fsp3) is 0.900. The molecule has 0 fully saturated rings. The molecule has 1 N–H and O–H groups in total. The second-order valence-corrected chi connectivity index (χ2v) is 3.95. The number of unbranched alkanes of at least 4 members (excludes halogenated alkanes) is 3. The summed E-state index contributed by atoms with van der Waals surface area (Å²) in [5.41, 5.74) is 0. The Morgan fingerprint density at radius 3 is 2.67 bits per heavy atom. The number of aliphatic hydroxyl groups is 1. The maximum Gasteiger partial charge on any atom is 0.138 e. The molecular formula is C10H20N4O. The zero-order valence-electron chi connectivity index (χ0n) is 9.50. The summed E-state index contributed by atoms with van der Waals surface area (Å²) >= 11 is 0. The molecule has 0 amide bonds. The molecule has 0 aromatic carbocycles. The van der Waals surface area contributed by atoms with E-state index in [1.807, 2.05) is 0 Å². The van der Waals surface area contributed by atoms with Gasteiger partial charge in [0, 0.05) is 0 Å². The Hall–Kier alpha value is -0.970. The van der Waals surface area contributed by atoms with Gasteiger partial charge in [0.25, 0.3) is 0 Å². The largest absolute Gasteiger partial charge is 0.391 e. The van der Waals surface area contributed by atoms with E-state index in [0.29, 0.717) is 0 Å². The van der Waals surface area contributed by atoms with Gasteiger partial charge in [-0.1, -0.05) is 32.6 Å². The number of nitrogens with zero attached hydrogens (tertiary/aromatic N) is 4. The van der Waals surface area contributed by atoms with Crippen LogP contribution in [0.25, 0.3) is 0 Å². The summed E-state index contributed by atoms with van der Waals surface area (Å²) in [6.07, 6.45) is 6.90. The average Bonchev–Trinajstić information content (AvgIpc) is 2.70. The fourth-order valence-corrected chi connectivity index (χ4v) is 1.70. The summed E-state index contributed by atoms with van der Waals surface area (Å²) < 4.78 is 1.65. The summed E-state index contributed by atoms with van der Waals surface area (Å²) in [4.78, 5) is 0. The maximum atomic E-state index is 9.62. The topological polar surface area (TPSA) is 63.8 Å². The third kappa shape index (κ3) is 3.95. The van der Waals surface area contributed by atoms with Crippen molar-refractivity contribution >= 4 is 0 Å². The third-order valence-electron chi connectivity index (χ3n) is 2.61. The molecule has 15 heavy (non-hydrogen) atoms. The molecule has 86 valence electrons. The molecule has 1 aromatic heterocycles. The van der Waals surface area contributed by atoms with Crippen LogP contribution < -0.4 is 0 Å². The van der Waals surface area contributed by atoms with Gasteiger partial charge in [0.05, 0.1) is 12.1 Å². The van der Waals surface area contributed by atoms with Gasteiger partial charge in [0.15, 0.2) is 0 Å². The van der Waals surface area contributed by atoms with E-state index < -0.39 is 6.10 Å². The Labute approximate surface area is 90.5 Å². The number of aromatic nitrogens is 4. The van der Waals surface area contributed by atoms with Crippen LogP contribution >= 0.6 is 0 Å². The molecule has 0 saturated carbocycles. The smallest absolute Gasteiger partial charge is 0.138 e. The maximum absolute atomic E-state index is 9.62. The minimum absolute atomic E-state index is 0.0110. The minimum atomic E-state index is -0.407. The molecule has 0 saturated heterocycles. The zero-order chi connectivity index (χ0) is 11.1. The lowest BCUT2D eigenvalue weighted by Crippen LogP contribution is -2.22. The highest BCUT2D eigenvalue weighted by Crippen LogP contribution is 2.18. The summed E-state index contributed by atoms with van der Waals surface area (Å²) in [6, 6.07) is 0.0110. The molecule has 0 aliphatic carbocycles. The second-order valence-electron chi connectivity index (χ2n) is 3.95. The van der Waals surface area contributed by atoms with Gasteiger partial charge >= 0.3 is 0 Å². The predicted molar refractivity (Wildman–Crippen MR) is 57.3 cm³/mol. The van der Waals surface area contributed by atoms with Crippen LogP contribution in [0.5, 0.6) is 0 Å². The highest BCUT2D eigenvalue weighted by atomic mass is 16.3. The molecule has 5 heteroatoms. The highest BCUT2D eigenvalue weighted by Gasteiger charge is 2.17. The van der Waals surface area contributed by atoms with E-state index in [1.165, 1.54) is 19.3 Å². The Bertz CT molecular complexity index is 248. The summed E-state index contributed by atoms with van der Waals surface area (Å²) in [7, 11) is 0. The number of aliphatic hydroxyl groups excluding tert-OH is 1. The zero-order valence-corrected chi connectivity index (χ0v) is 9.50. The van der Waals surface area contributed by atoms with E-state index >= 15 is 0 Å². The Morgan fingerprint density at radius 1 is 1.33 bits per heavy atom. The number of rotatable bonds is 7. The first-order chi connectivity index (χ1) is 7.25. The van der Waals surface area contributed by atoms with Crippen LogP contribution in [0.1, 0.15) is 52.0 Å². The molecule has 2 atom stereocenters. The minimum Gasteiger partial charge on any atom is -0.391 e. The molecule has 0 radical (unpaired) electrons. The fourth-order valence-electron chi connectivity index (χ4n) is 1.70. The van der Waals surface area contributed by atoms with E-state index in [0.717, 1.165) is 12.8 Å². The van der Waals surface area contributed by atoms with Crippen molar-refractivity contribution in [3.05, 3.63) is 6.33 Å². The lowest BCUT2D eigenvalue weighted by atomic mass is 10.0. The first-order valence-corrected chi connectivity index (χ1v) is 5.66. The van der Waals surface area contributed by atoms with Crippen LogP contribution in [0.15, 0.2) is 6.33 Å². The van der Waals surface area contributed by atoms with Crippen molar-refractivity contribution in [2.45, 2.75) is 58.1 Å². The van der Waals surface area contributed by atoms with Crippen molar-refractivity contribution in [1.82, 2.24) is 20.2 Å². The van der Waals surface area contributed by atoms with Gasteiger partial charge < -0.3 is 5.11 Å². The third-order valence-corrected chi connectivity index (χ3v) is 2.61. The van der Waals surface area contributed by atoms with Crippen LogP contribution in [0, 0.1) is 0 Å². The molecule has 0 unspecified atom stereocenters. The number of tetrazole rings is 1. The van der Waals surface area contributed by atoms with Crippen molar-refractivity contribution in [1.29, 1.82) is 0 Å². The second kappa shape index (κ2) is 6.50. The standard InChI is InChI=1S/C10H20N4O/c1-3-4-5-6-7-10(9(2)15)14-8-11-12-13-14/h8-10,15H,3-7H2,1-2H3/t9-,10-/m0/s1. The number of hydrogen-bond acceptors (Lipinski definition) is 4. The van der Waals surface area contributed by atoms with E-state index in [4.69, 9.17) is 0 Å². The van der Waals surface area contributed by atoms with Crippen molar-refractivity contribution < 1.29 is 5.11 Å². The molecule has 1 heterocycles. The van der Waals surface area contributed by atoms with Crippen molar-refractivity contribution in [2.75, 3.05) is 0 Å². The molecular weight excluding hydrogens is 192 g/mol. The summed E-state index contributed by atoms with van der Waals surface area (Å²) in [5.74, 6) is 0. The van der Waals surface area contributed by atoms with Crippen LogP contribution in [-0.2, 0) is 0 Å².